The van der Waals surface area contributed by atoms with Gasteiger partial charge in [-0.05, 0) is 50.5 Å². The quantitative estimate of drug-likeness (QED) is 0.228. The van der Waals surface area contributed by atoms with Crippen LogP contribution in [0.3, 0.4) is 0 Å². The SMILES string of the molecule is CNB(O)c1ccc(O)cc1.COOCC1CC(C(=O)OC)C1.[B]NC. The molecule has 0 aromatic heterocycles. The first-order valence-corrected chi connectivity index (χ1v) is 8.18. The molecule has 0 unspecified atom stereocenters. The van der Waals surface area contributed by atoms with Crippen molar-refractivity contribution < 1.29 is 29.4 Å². The lowest BCUT2D eigenvalue weighted by molar-refractivity contribution is -0.284. The monoisotopic (exact) mass is 366 g/mol. The van der Waals surface area contributed by atoms with Crippen LogP contribution < -0.4 is 15.9 Å². The predicted octanol–water partition coefficient (Wildman–Crippen LogP) is -0.648. The van der Waals surface area contributed by atoms with Gasteiger partial charge in [-0.15, -0.1) is 0 Å². The number of aromatic hydroxyl groups is 1. The maximum Gasteiger partial charge on any atom is 0.412 e. The van der Waals surface area contributed by atoms with E-state index in [0.717, 1.165) is 18.3 Å². The van der Waals surface area contributed by atoms with Crippen LogP contribution in [0.4, 0.5) is 0 Å². The summed E-state index contributed by atoms with van der Waals surface area (Å²) in [7, 11) is 10.2. The van der Waals surface area contributed by atoms with E-state index in [9.17, 15) is 9.82 Å². The van der Waals surface area contributed by atoms with Crippen LogP contribution in [0.5, 0.6) is 5.75 Å². The van der Waals surface area contributed by atoms with Crippen LogP contribution in [0.2, 0.25) is 0 Å². The molecule has 1 aliphatic rings. The summed E-state index contributed by atoms with van der Waals surface area (Å²) >= 11 is 0. The summed E-state index contributed by atoms with van der Waals surface area (Å²) in [6.45, 7) is 0.573. The molecule has 10 heteroatoms. The highest BCUT2D eigenvalue weighted by molar-refractivity contribution is 6.63. The molecule has 0 saturated heterocycles. The van der Waals surface area contributed by atoms with E-state index in [1.807, 2.05) is 0 Å². The number of nitrogens with one attached hydrogen (secondary N) is 2. The van der Waals surface area contributed by atoms with Gasteiger partial charge in [0.1, 0.15) is 5.75 Å². The maximum absolute atomic E-state index is 10.9. The third-order valence-corrected chi connectivity index (χ3v) is 3.67. The topological polar surface area (TPSA) is 109 Å². The number of hydrogen-bond acceptors (Lipinski definition) is 8. The molecular weight excluding hydrogens is 338 g/mol. The van der Waals surface area contributed by atoms with Gasteiger partial charge in [-0.25, -0.2) is 9.78 Å². The molecule has 144 valence electrons. The largest absolute Gasteiger partial charge is 0.508 e. The van der Waals surface area contributed by atoms with Crippen molar-refractivity contribution in [3.63, 3.8) is 0 Å². The number of phenols is 1. The normalized spacial score (nSPS) is 17.6. The lowest BCUT2D eigenvalue weighted by Crippen LogP contribution is -2.42. The van der Waals surface area contributed by atoms with E-state index in [-0.39, 0.29) is 17.6 Å². The van der Waals surface area contributed by atoms with Gasteiger partial charge < -0.3 is 25.3 Å². The second-order valence-corrected chi connectivity index (χ2v) is 5.58. The van der Waals surface area contributed by atoms with Crippen LogP contribution in [0.1, 0.15) is 12.8 Å². The summed E-state index contributed by atoms with van der Waals surface area (Å²) in [5.41, 5.74) is 0.741. The Hall–Kier alpha value is -1.58. The number of methoxy groups -OCH3 is 1. The molecule has 1 aromatic rings. The number of carbonyl (C=O) groups excluding carboxylic acids is 1. The summed E-state index contributed by atoms with van der Waals surface area (Å²) < 4.78 is 4.60. The molecule has 0 aliphatic heterocycles. The first kappa shape index (κ1) is 24.4. The van der Waals surface area contributed by atoms with Crippen molar-refractivity contribution in [2.24, 2.45) is 11.8 Å². The van der Waals surface area contributed by atoms with Crippen LogP contribution >= 0.6 is 0 Å². The van der Waals surface area contributed by atoms with E-state index in [2.05, 4.69) is 28.1 Å². The van der Waals surface area contributed by atoms with Gasteiger partial charge in [0.15, 0.2) is 7.98 Å². The van der Waals surface area contributed by atoms with Gasteiger partial charge >= 0.3 is 13.0 Å². The Morgan fingerprint density at radius 2 is 1.81 bits per heavy atom. The Balaban J connectivity index is 0.000000419. The number of benzene rings is 1. The van der Waals surface area contributed by atoms with E-state index in [1.54, 1.807) is 26.2 Å². The fraction of sp³-hybridized carbons (Fsp3) is 0.562. The Labute approximate surface area is 156 Å². The minimum atomic E-state index is -0.657. The molecule has 0 bridgehead atoms. The zero-order chi connectivity index (χ0) is 19.9. The zero-order valence-corrected chi connectivity index (χ0v) is 15.8. The highest BCUT2D eigenvalue weighted by Gasteiger charge is 2.35. The van der Waals surface area contributed by atoms with Crippen molar-refractivity contribution in [3.8, 4) is 5.75 Å². The summed E-state index contributed by atoms with van der Waals surface area (Å²) in [5.74, 6) is 0.634. The maximum atomic E-state index is 10.9. The zero-order valence-electron chi connectivity index (χ0n) is 15.8. The minimum Gasteiger partial charge on any atom is -0.508 e. The third kappa shape index (κ3) is 9.79. The first-order valence-electron chi connectivity index (χ1n) is 8.18. The molecule has 0 atom stereocenters. The number of phenolic OH excluding ortho intramolecular Hbond substituents is 1. The van der Waals surface area contributed by atoms with E-state index >= 15 is 0 Å². The predicted molar refractivity (Wildman–Crippen MR) is 101 cm³/mol. The smallest absolute Gasteiger partial charge is 0.412 e. The number of rotatable bonds is 6. The second kappa shape index (κ2) is 14.6. The molecule has 1 fully saturated rings. The van der Waals surface area contributed by atoms with Gasteiger partial charge in [0, 0.05) is 0 Å². The van der Waals surface area contributed by atoms with Crippen LogP contribution in [0.25, 0.3) is 0 Å². The number of ether oxygens (including phenoxy) is 1. The molecule has 8 nitrogen and oxygen atoms in total. The van der Waals surface area contributed by atoms with Gasteiger partial charge in [0.25, 0.3) is 0 Å². The van der Waals surface area contributed by atoms with Crippen LogP contribution in [-0.4, -0.2) is 66.1 Å². The highest BCUT2D eigenvalue weighted by Crippen LogP contribution is 2.34. The van der Waals surface area contributed by atoms with E-state index in [1.165, 1.54) is 26.4 Å². The Morgan fingerprint density at radius 1 is 1.27 bits per heavy atom. The van der Waals surface area contributed by atoms with Crippen molar-refractivity contribution in [1.82, 2.24) is 10.5 Å². The van der Waals surface area contributed by atoms with Gasteiger partial charge in [0.05, 0.1) is 26.7 Å². The van der Waals surface area contributed by atoms with E-state index in [4.69, 9.17) is 9.99 Å². The fourth-order valence-electron chi connectivity index (χ4n) is 2.22. The average Bonchev–Trinajstić information content (AvgIpc) is 2.61. The standard InChI is InChI=1S/C8H14O4.C7H10BNO2.CH4BN/c1-10-8(9)7-3-6(4-7)5-12-11-2;1-9-8(11)6-2-4-7(10)5-3-6;1-3-2/h6-7H,3-5H2,1-2H3;2-5,9-11H,1H3;3H,1H3. The summed E-state index contributed by atoms with van der Waals surface area (Å²) in [6.07, 6.45) is 1.71. The van der Waals surface area contributed by atoms with Crippen molar-refractivity contribution in [1.29, 1.82) is 0 Å². The molecule has 0 amide bonds. The molecule has 1 saturated carbocycles. The van der Waals surface area contributed by atoms with Crippen LogP contribution in [-0.2, 0) is 19.3 Å². The molecule has 1 aromatic carbocycles. The molecule has 2 rings (SSSR count). The van der Waals surface area contributed by atoms with Gasteiger partial charge in [-0.1, -0.05) is 12.1 Å². The number of esters is 1. The van der Waals surface area contributed by atoms with E-state index < -0.39 is 7.05 Å². The Bertz CT molecular complexity index is 486. The van der Waals surface area contributed by atoms with Crippen molar-refractivity contribution in [2.75, 3.05) is 34.9 Å². The van der Waals surface area contributed by atoms with Crippen LogP contribution in [0, 0.1) is 11.8 Å². The van der Waals surface area contributed by atoms with Crippen molar-refractivity contribution in [2.45, 2.75) is 12.8 Å². The molecular formula is C16H28B2N2O6. The second-order valence-electron chi connectivity index (χ2n) is 5.58. The first-order chi connectivity index (χ1) is 12.4. The number of hydrogen-bond donors (Lipinski definition) is 4. The lowest BCUT2D eigenvalue weighted by Gasteiger charge is -2.32. The summed E-state index contributed by atoms with van der Waals surface area (Å²) in [6, 6.07) is 6.40. The van der Waals surface area contributed by atoms with Gasteiger partial charge in [-0.2, -0.15) is 0 Å². The molecule has 1 aliphatic carbocycles. The fourth-order valence-corrected chi connectivity index (χ4v) is 2.22. The molecule has 4 N–H and O–H groups in total. The highest BCUT2D eigenvalue weighted by atomic mass is 17.2. The molecule has 2 radical (unpaired) electrons. The van der Waals surface area contributed by atoms with Gasteiger partial charge in [-0.3, -0.25) is 4.79 Å². The van der Waals surface area contributed by atoms with Crippen molar-refractivity contribution >= 4 is 26.5 Å². The van der Waals surface area contributed by atoms with Crippen molar-refractivity contribution in [3.05, 3.63) is 24.3 Å². The Morgan fingerprint density at radius 3 is 2.23 bits per heavy atom. The summed E-state index contributed by atoms with van der Waals surface area (Å²) in [4.78, 5) is 20.1. The molecule has 0 spiro atoms. The third-order valence-electron chi connectivity index (χ3n) is 3.67. The van der Waals surface area contributed by atoms with Crippen LogP contribution in [0.15, 0.2) is 24.3 Å². The minimum absolute atomic E-state index is 0.0838. The average molecular weight is 366 g/mol. The Kier molecular flexibility index (Phi) is 13.7. The van der Waals surface area contributed by atoms with Gasteiger partial charge in [0.2, 0.25) is 0 Å². The lowest BCUT2D eigenvalue weighted by atomic mass is 9.75. The molecule has 26 heavy (non-hydrogen) atoms. The van der Waals surface area contributed by atoms with E-state index in [0.29, 0.717) is 12.5 Å². The number of carbonyl (C=O) groups is 1. The summed E-state index contributed by atoms with van der Waals surface area (Å²) in [5, 5.41) is 23.1. The molecule has 0 heterocycles.